The third kappa shape index (κ3) is 4.69. The second-order valence-corrected chi connectivity index (χ2v) is 9.33. The van der Waals surface area contributed by atoms with E-state index in [0.29, 0.717) is 42.3 Å². The Balaban J connectivity index is 1.38. The summed E-state index contributed by atoms with van der Waals surface area (Å²) in [6.07, 6.45) is 8.10. The van der Waals surface area contributed by atoms with Gasteiger partial charge in [0.2, 0.25) is 0 Å². The first-order chi connectivity index (χ1) is 14.7. The van der Waals surface area contributed by atoms with Crippen molar-refractivity contribution >= 4 is 23.5 Å². The van der Waals surface area contributed by atoms with Crippen molar-refractivity contribution in [3.05, 3.63) is 53.7 Å². The van der Waals surface area contributed by atoms with Gasteiger partial charge >= 0.3 is 0 Å². The SMILES string of the molecule is COc1ccc(C(=O)C2CCN(C(=O)c3cccnc3SC3CCCC3)CC2)cc1. The van der Waals surface area contributed by atoms with E-state index >= 15 is 0 Å². The van der Waals surface area contributed by atoms with Gasteiger partial charge in [0, 0.05) is 36.0 Å². The smallest absolute Gasteiger partial charge is 0.256 e. The van der Waals surface area contributed by atoms with Gasteiger partial charge in [-0.1, -0.05) is 12.8 Å². The number of carbonyl (C=O) groups excluding carboxylic acids is 2. The van der Waals surface area contributed by atoms with Gasteiger partial charge in [-0.25, -0.2) is 4.98 Å². The second kappa shape index (κ2) is 9.65. The zero-order chi connectivity index (χ0) is 20.9. The summed E-state index contributed by atoms with van der Waals surface area (Å²) in [5, 5.41) is 1.42. The maximum absolute atomic E-state index is 13.2. The highest BCUT2D eigenvalue weighted by Crippen LogP contribution is 2.35. The van der Waals surface area contributed by atoms with Crippen LogP contribution in [-0.4, -0.2) is 47.0 Å². The van der Waals surface area contributed by atoms with E-state index < -0.39 is 0 Å². The van der Waals surface area contributed by atoms with Crippen LogP contribution in [0.5, 0.6) is 5.75 Å². The highest BCUT2D eigenvalue weighted by atomic mass is 32.2. The molecule has 0 bridgehead atoms. The molecule has 1 saturated heterocycles. The van der Waals surface area contributed by atoms with Gasteiger partial charge < -0.3 is 9.64 Å². The number of benzene rings is 1. The van der Waals surface area contributed by atoms with Crippen molar-refractivity contribution in [3.8, 4) is 5.75 Å². The Morgan fingerprint density at radius 1 is 1.03 bits per heavy atom. The summed E-state index contributed by atoms with van der Waals surface area (Å²) < 4.78 is 5.17. The molecule has 158 valence electrons. The molecule has 1 saturated carbocycles. The van der Waals surface area contributed by atoms with Gasteiger partial charge in [0.05, 0.1) is 12.7 Å². The van der Waals surface area contributed by atoms with Crippen LogP contribution in [0.15, 0.2) is 47.6 Å². The fourth-order valence-electron chi connectivity index (χ4n) is 4.32. The van der Waals surface area contributed by atoms with Crippen LogP contribution in [0.1, 0.15) is 59.2 Å². The number of likely N-dealkylation sites (tertiary alicyclic amines) is 1. The van der Waals surface area contributed by atoms with Gasteiger partial charge in [-0.15, -0.1) is 11.8 Å². The van der Waals surface area contributed by atoms with Gasteiger partial charge in [-0.2, -0.15) is 0 Å². The number of amides is 1. The lowest BCUT2D eigenvalue weighted by Crippen LogP contribution is -2.40. The molecule has 0 unspecified atom stereocenters. The Bertz CT molecular complexity index is 886. The number of hydrogen-bond acceptors (Lipinski definition) is 5. The minimum absolute atomic E-state index is 0.0383. The number of carbonyl (C=O) groups is 2. The first kappa shape index (κ1) is 20.9. The fraction of sp³-hybridized carbons (Fsp3) is 0.458. The molecule has 0 atom stereocenters. The largest absolute Gasteiger partial charge is 0.497 e. The molecular formula is C24H28N2O3S. The molecule has 6 heteroatoms. The van der Waals surface area contributed by atoms with Crippen LogP contribution in [0.2, 0.25) is 0 Å². The van der Waals surface area contributed by atoms with E-state index in [1.807, 2.05) is 41.3 Å². The van der Waals surface area contributed by atoms with Crippen LogP contribution in [-0.2, 0) is 0 Å². The van der Waals surface area contributed by atoms with Gasteiger partial charge in [0.15, 0.2) is 5.78 Å². The molecule has 0 radical (unpaired) electrons. The van der Waals surface area contributed by atoms with Crippen LogP contribution < -0.4 is 4.74 Å². The van der Waals surface area contributed by atoms with Crippen molar-refractivity contribution < 1.29 is 14.3 Å². The number of thioether (sulfide) groups is 1. The predicted molar refractivity (Wildman–Crippen MR) is 118 cm³/mol. The molecule has 2 aliphatic rings. The third-order valence-corrected chi connectivity index (χ3v) is 7.46. The second-order valence-electron chi connectivity index (χ2n) is 8.04. The minimum Gasteiger partial charge on any atom is -0.497 e. The van der Waals surface area contributed by atoms with Crippen LogP contribution in [0.3, 0.4) is 0 Å². The number of ether oxygens (including phenoxy) is 1. The number of Topliss-reactive ketones (excluding diaryl/α,β-unsaturated/α-hetero) is 1. The number of pyridine rings is 1. The van der Waals surface area contributed by atoms with E-state index in [4.69, 9.17) is 4.74 Å². The molecule has 30 heavy (non-hydrogen) atoms. The lowest BCUT2D eigenvalue weighted by molar-refractivity contribution is 0.0647. The zero-order valence-electron chi connectivity index (χ0n) is 17.4. The molecule has 2 aromatic rings. The van der Waals surface area contributed by atoms with Crippen molar-refractivity contribution in [1.29, 1.82) is 0 Å². The molecule has 1 amide bonds. The van der Waals surface area contributed by atoms with Crippen LogP contribution >= 0.6 is 11.8 Å². The number of hydrogen-bond donors (Lipinski definition) is 0. The molecule has 1 aliphatic heterocycles. The molecule has 4 rings (SSSR count). The highest BCUT2D eigenvalue weighted by molar-refractivity contribution is 7.99. The molecular weight excluding hydrogens is 396 g/mol. The topological polar surface area (TPSA) is 59.5 Å². The summed E-state index contributed by atoms with van der Waals surface area (Å²) in [6.45, 7) is 1.21. The standard InChI is InChI=1S/C24H28N2O3S/c1-29-19-10-8-17(9-11-19)22(27)18-12-15-26(16-13-18)24(28)21-7-4-14-25-23(21)30-20-5-2-3-6-20/h4,7-11,14,18,20H,2-3,5-6,12-13,15-16H2,1H3. The normalized spacial score (nSPS) is 17.8. The van der Waals surface area contributed by atoms with E-state index in [0.717, 1.165) is 10.8 Å². The van der Waals surface area contributed by atoms with Crippen molar-refractivity contribution in [2.24, 2.45) is 5.92 Å². The summed E-state index contributed by atoms with van der Waals surface area (Å²) in [4.78, 5) is 32.4. The lowest BCUT2D eigenvalue weighted by Gasteiger charge is -2.31. The molecule has 1 aromatic heterocycles. The van der Waals surface area contributed by atoms with Crippen LogP contribution in [0.4, 0.5) is 0 Å². The summed E-state index contributed by atoms with van der Waals surface area (Å²) in [5.74, 6) is 0.904. The van der Waals surface area contributed by atoms with E-state index in [1.54, 1.807) is 25.1 Å². The first-order valence-electron chi connectivity index (χ1n) is 10.7. The van der Waals surface area contributed by atoms with Gasteiger partial charge in [-0.3, -0.25) is 9.59 Å². The molecule has 2 heterocycles. The van der Waals surface area contributed by atoms with Gasteiger partial charge in [-0.05, 0) is 62.1 Å². The lowest BCUT2D eigenvalue weighted by atomic mass is 9.88. The van der Waals surface area contributed by atoms with Crippen molar-refractivity contribution in [2.45, 2.75) is 48.8 Å². The van der Waals surface area contributed by atoms with Crippen molar-refractivity contribution in [2.75, 3.05) is 20.2 Å². The van der Waals surface area contributed by atoms with E-state index in [1.165, 1.54) is 25.7 Å². The zero-order valence-corrected chi connectivity index (χ0v) is 18.2. The Hall–Kier alpha value is -2.34. The van der Waals surface area contributed by atoms with Crippen LogP contribution in [0.25, 0.3) is 0 Å². The maximum Gasteiger partial charge on any atom is 0.256 e. The van der Waals surface area contributed by atoms with Gasteiger partial charge in [0.25, 0.3) is 5.91 Å². The fourth-order valence-corrected chi connectivity index (χ4v) is 5.61. The third-order valence-electron chi connectivity index (χ3n) is 6.11. The van der Waals surface area contributed by atoms with E-state index in [-0.39, 0.29) is 17.6 Å². The minimum atomic E-state index is -0.0383. The predicted octanol–water partition coefficient (Wildman–Crippen LogP) is 4.86. The average molecular weight is 425 g/mol. The highest BCUT2D eigenvalue weighted by Gasteiger charge is 2.30. The molecule has 5 nitrogen and oxygen atoms in total. The van der Waals surface area contributed by atoms with E-state index in [9.17, 15) is 9.59 Å². The summed E-state index contributed by atoms with van der Waals surface area (Å²) in [7, 11) is 1.61. The van der Waals surface area contributed by atoms with Crippen LogP contribution in [0, 0.1) is 5.92 Å². The molecule has 1 aromatic carbocycles. The molecule has 1 aliphatic carbocycles. The molecule has 0 spiro atoms. The van der Waals surface area contributed by atoms with Crippen molar-refractivity contribution in [1.82, 2.24) is 9.88 Å². The van der Waals surface area contributed by atoms with E-state index in [2.05, 4.69) is 4.98 Å². The number of rotatable bonds is 6. The average Bonchev–Trinajstić information content (AvgIpc) is 3.32. The number of aromatic nitrogens is 1. The number of piperidine rings is 1. The molecule has 2 fully saturated rings. The van der Waals surface area contributed by atoms with Gasteiger partial charge in [0.1, 0.15) is 10.8 Å². The number of nitrogens with zero attached hydrogens (tertiary/aromatic N) is 2. The summed E-state index contributed by atoms with van der Waals surface area (Å²) >= 11 is 1.75. The summed E-state index contributed by atoms with van der Waals surface area (Å²) in [6, 6.07) is 11.0. The Morgan fingerprint density at radius 3 is 2.40 bits per heavy atom. The maximum atomic E-state index is 13.2. The van der Waals surface area contributed by atoms with Crippen molar-refractivity contribution in [3.63, 3.8) is 0 Å². The Kier molecular flexibility index (Phi) is 6.72. The molecule has 0 N–H and O–H groups in total. The first-order valence-corrected chi connectivity index (χ1v) is 11.6. The Morgan fingerprint density at radius 2 is 1.73 bits per heavy atom. The monoisotopic (exact) mass is 424 g/mol. The number of ketones is 1. The Labute approximate surface area is 182 Å². The number of methoxy groups -OCH3 is 1. The quantitative estimate of drug-likeness (QED) is 0.620. The summed E-state index contributed by atoms with van der Waals surface area (Å²) in [5.41, 5.74) is 1.41.